The number of nitrogens with zero attached hydrogens (tertiary/aromatic N) is 1. The summed E-state index contributed by atoms with van der Waals surface area (Å²) >= 11 is 0. The smallest absolute Gasteiger partial charge is 0.0942 e. The predicted octanol–water partition coefficient (Wildman–Crippen LogP) is 6.15. The normalized spacial score (nSPS) is 16.5. The van der Waals surface area contributed by atoms with E-state index < -0.39 is 6.10 Å². The second-order valence-corrected chi connectivity index (χ2v) is 8.23. The van der Waals surface area contributed by atoms with Gasteiger partial charge in [-0.25, -0.2) is 0 Å². The fourth-order valence-electron chi connectivity index (χ4n) is 4.17. The van der Waals surface area contributed by atoms with Crippen LogP contribution >= 0.6 is 24.8 Å². The Morgan fingerprint density at radius 3 is 2.24 bits per heavy atom. The van der Waals surface area contributed by atoms with Gasteiger partial charge in [-0.1, -0.05) is 82.2 Å². The molecule has 2 N–H and O–H groups in total. The molecule has 1 aromatic carbocycles. The second kappa shape index (κ2) is 18.4. The summed E-state index contributed by atoms with van der Waals surface area (Å²) in [5.74, 6) is 0. The van der Waals surface area contributed by atoms with Gasteiger partial charge in [-0.3, -0.25) is 0 Å². The van der Waals surface area contributed by atoms with Gasteiger partial charge in [0.05, 0.1) is 6.10 Å². The average Bonchev–Trinajstić information content (AvgIpc) is 2.73. The lowest BCUT2D eigenvalue weighted by atomic mass is 9.96. The summed E-state index contributed by atoms with van der Waals surface area (Å²) in [5.41, 5.74) is 1.04. The number of likely N-dealkylation sites (tertiary alicyclic amines) is 1. The van der Waals surface area contributed by atoms with Crippen LogP contribution in [0.25, 0.3) is 0 Å². The van der Waals surface area contributed by atoms with Crippen molar-refractivity contribution in [1.29, 1.82) is 0 Å². The number of hydrogen-bond acceptors (Lipinski definition) is 3. The molecule has 2 atom stereocenters. The molecule has 0 saturated carbocycles. The summed E-state index contributed by atoms with van der Waals surface area (Å²) in [6.45, 7) is 7.00. The van der Waals surface area contributed by atoms with Crippen LogP contribution in [0.1, 0.15) is 89.2 Å². The highest BCUT2D eigenvalue weighted by Crippen LogP contribution is 2.21. The van der Waals surface area contributed by atoms with E-state index in [0.29, 0.717) is 0 Å². The van der Waals surface area contributed by atoms with Crippen LogP contribution in [0, 0.1) is 0 Å². The Morgan fingerprint density at radius 2 is 1.55 bits per heavy atom. The van der Waals surface area contributed by atoms with Crippen molar-refractivity contribution in [1.82, 2.24) is 10.2 Å². The number of aliphatic hydroxyl groups excluding tert-OH is 1. The molecule has 5 heteroatoms. The van der Waals surface area contributed by atoms with E-state index in [2.05, 4.69) is 17.1 Å². The van der Waals surface area contributed by atoms with Crippen LogP contribution in [0.15, 0.2) is 30.3 Å². The van der Waals surface area contributed by atoms with Gasteiger partial charge >= 0.3 is 0 Å². The molecule has 1 aliphatic rings. The zero-order valence-corrected chi connectivity index (χ0v) is 20.0. The van der Waals surface area contributed by atoms with E-state index in [4.69, 9.17) is 0 Å². The molecule has 0 bridgehead atoms. The number of halogens is 2. The van der Waals surface area contributed by atoms with Gasteiger partial charge in [0.2, 0.25) is 0 Å². The molecule has 29 heavy (non-hydrogen) atoms. The Labute approximate surface area is 191 Å². The van der Waals surface area contributed by atoms with E-state index >= 15 is 0 Å². The summed E-state index contributed by atoms with van der Waals surface area (Å²) in [6, 6.07) is 10.3. The van der Waals surface area contributed by atoms with Crippen molar-refractivity contribution in [3.63, 3.8) is 0 Å². The van der Waals surface area contributed by atoms with E-state index in [1.807, 2.05) is 30.3 Å². The first kappa shape index (κ1) is 28.7. The molecule has 1 aliphatic heterocycles. The molecule has 1 aromatic rings. The van der Waals surface area contributed by atoms with Gasteiger partial charge in [0.25, 0.3) is 0 Å². The summed E-state index contributed by atoms with van der Waals surface area (Å²) in [6.07, 6.45) is 13.8. The van der Waals surface area contributed by atoms with Crippen LogP contribution in [0.4, 0.5) is 0 Å². The van der Waals surface area contributed by atoms with Crippen LogP contribution in [-0.2, 0) is 0 Å². The minimum absolute atomic E-state index is 0. The first-order valence-corrected chi connectivity index (χ1v) is 11.5. The standard InChI is InChI=1S/C24H42N2O.2ClH/c1-2-3-4-5-6-11-17-23(24(27)22-15-9-7-10-16-22)25-18-14-21-26-19-12-8-13-20-26;;/h7,9-10,15-16,23-25,27H,2-6,8,11-14,17-21H2,1H3;2*1H. The summed E-state index contributed by atoms with van der Waals surface area (Å²) in [5, 5.41) is 14.6. The molecule has 0 amide bonds. The lowest BCUT2D eigenvalue weighted by molar-refractivity contribution is 0.120. The first-order chi connectivity index (χ1) is 13.3. The van der Waals surface area contributed by atoms with E-state index in [9.17, 15) is 5.11 Å². The molecule has 1 saturated heterocycles. The topological polar surface area (TPSA) is 35.5 Å². The summed E-state index contributed by atoms with van der Waals surface area (Å²) in [4.78, 5) is 2.60. The zero-order chi connectivity index (χ0) is 19.2. The quantitative estimate of drug-likeness (QED) is 0.336. The van der Waals surface area contributed by atoms with Gasteiger partial charge in [-0.05, 0) is 57.4 Å². The fourth-order valence-corrected chi connectivity index (χ4v) is 4.17. The molecule has 1 heterocycles. The third-order valence-corrected chi connectivity index (χ3v) is 5.90. The molecule has 170 valence electrons. The fraction of sp³-hybridized carbons (Fsp3) is 0.750. The molecule has 3 nitrogen and oxygen atoms in total. The highest BCUT2D eigenvalue weighted by molar-refractivity contribution is 5.85. The molecular weight excluding hydrogens is 403 g/mol. The Morgan fingerprint density at radius 1 is 0.897 bits per heavy atom. The lowest BCUT2D eigenvalue weighted by Gasteiger charge is -2.28. The Kier molecular flexibility index (Phi) is 18.2. The van der Waals surface area contributed by atoms with Crippen LogP contribution in [0.3, 0.4) is 0 Å². The maximum Gasteiger partial charge on any atom is 0.0942 e. The zero-order valence-electron chi connectivity index (χ0n) is 18.4. The van der Waals surface area contributed by atoms with Crippen molar-refractivity contribution in [2.24, 2.45) is 0 Å². The minimum atomic E-state index is -0.406. The van der Waals surface area contributed by atoms with Gasteiger partial charge in [-0.15, -0.1) is 24.8 Å². The van der Waals surface area contributed by atoms with Gasteiger partial charge in [0.15, 0.2) is 0 Å². The van der Waals surface area contributed by atoms with Crippen molar-refractivity contribution >= 4 is 24.8 Å². The molecule has 0 radical (unpaired) electrons. The SMILES string of the molecule is CCCCCCCCC(NCCCN1CCCCC1)C(O)c1ccccc1.Cl.Cl. The van der Waals surface area contributed by atoms with E-state index in [1.165, 1.54) is 83.8 Å². The van der Waals surface area contributed by atoms with Crippen molar-refractivity contribution < 1.29 is 5.11 Å². The van der Waals surface area contributed by atoms with E-state index in [0.717, 1.165) is 18.5 Å². The maximum atomic E-state index is 10.9. The number of hydrogen-bond donors (Lipinski definition) is 2. The molecule has 0 aliphatic carbocycles. The third-order valence-electron chi connectivity index (χ3n) is 5.90. The minimum Gasteiger partial charge on any atom is -0.387 e. The van der Waals surface area contributed by atoms with Gasteiger partial charge in [0, 0.05) is 6.04 Å². The maximum absolute atomic E-state index is 10.9. The van der Waals surface area contributed by atoms with Crippen LogP contribution in [0.5, 0.6) is 0 Å². The number of aliphatic hydroxyl groups is 1. The third kappa shape index (κ3) is 12.2. The highest BCUT2D eigenvalue weighted by Gasteiger charge is 2.20. The van der Waals surface area contributed by atoms with Crippen molar-refractivity contribution in [2.45, 2.75) is 89.7 Å². The van der Waals surface area contributed by atoms with Crippen molar-refractivity contribution in [3.8, 4) is 0 Å². The molecule has 0 spiro atoms. The summed E-state index contributed by atoms with van der Waals surface area (Å²) < 4.78 is 0. The second-order valence-electron chi connectivity index (χ2n) is 8.23. The average molecular weight is 448 g/mol. The number of benzene rings is 1. The molecule has 1 fully saturated rings. The molecule has 0 aromatic heterocycles. The number of nitrogens with one attached hydrogen (secondary N) is 1. The van der Waals surface area contributed by atoms with E-state index in [1.54, 1.807) is 0 Å². The van der Waals surface area contributed by atoms with Gasteiger partial charge in [0.1, 0.15) is 0 Å². The number of unbranched alkanes of at least 4 members (excludes halogenated alkanes) is 5. The number of rotatable bonds is 14. The van der Waals surface area contributed by atoms with Crippen LogP contribution in [0.2, 0.25) is 0 Å². The number of piperidine rings is 1. The highest BCUT2D eigenvalue weighted by atomic mass is 35.5. The van der Waals surface area contributed by atoms with Crippen molar-refractivity contribution in [2.75, 3.05) is 26.2 Å². The van der Waals surface area contributed by atoms with Crippen molar-refractivity contribution in [3.05, 3.63) is 35.9 Å². The monoisotopic (exact) mass is 446 g/mol. The van der Waals surface area contributed by atoms with E-state index in [-0.39, 0.29) is 30.9 Å². The summed E-state index contributed by atoms with van der Waals surface area (Å²) in [7, 11) is 0. The van der Waals surface area contributed by atoms with Crippen LogP contribution < -0.4 is 5.32 Å². The Balaban J connectivity index is 0.00000392. The van der Waals surface area contributed by atoms with Gasteiger partial charge in [-0.2, -0.15) is 0 Å². The predicted molar refractivity (Wildman–Crippen MR) is 131 cm³/mol. The largest absolute Gasteiger partial charge is 0.387 e. The lowest BCUT2D eigenvalue weighted by Crippen LogP contribution is -2.38. The van der Waals surface area contributed by atoms with Gasteiger partial charge < -0.3 is 15.3 Å². The van der Waals surface area contributed by atoms with Crippen LogP contribution in [-0.4, -0.2) is 42.2 Å². The Hall–Kier alpha value is -0.320. The Bertz CT molecular complexity index is 469. The molecule has 2 unspecified atom stereocenters. The molecule has 2 rings (SSSR count). The first-order valence-electron chi connectivity index (χ1n) is 11.5. The molecular formula is C24H44Cl2N2O.